The molecule has 0 aliphatic carbocycles. The van der Waals surface area contributed by atoms with Crippen LogP contribution in [0.5, 0.6) is 11.5 Å². The summed E-state index contributed by atoms with van der Waals surface area (Å²) in [6.45, 7) is 4.07. The van der Waals surface area contributed by atoms with Crippen LogP contribution in [0.4, 0.5) is 0 Å². The third kappa shape index (κ3) is 2.93. The maximum Gasteiger partial charge on any atom is 0.153 e. The summed E-state index contributed by atoms with van der Waals surface area (Å²) < 4.78 is 6.13. The summed E-state index contributed by atoms with van der Waals surface area (Å²) in [5, 5.41) is 1.85. The molecule has 0 amide bonds. The van der Waals surface area contributed by atoms with Crippen LogP contribution in [0.25, 0.3) is 10.9 Å². The van der Waals surface area contributed by atoms with Gasteiger partial charge in [0.05, 0.1) is 0 Å². The number of alkyl halides is 1. The van der Waals surface area contributed by atoms with Crippen LogP contribution < -0.4 is 4.74 Å². The van der Waals surface area contributed by atoms with Crippen LogP contribution in [0.15, 0.2) is 48.5 Å². The van der Waals surface area contributed by atoms with E-state index in [9.17, 15) is 0 Å². The smallest absolute Gasteiger partial charge is 0.153 e. The lowest BCUT2D eigenvalue weighted by atomic mass is 10.1. The van der Waals surface area contributed by atoms with Gasteiger partial charge in [-0.2, -0.15) is 0 Å². The van der Waals surface area contributed by atoms with Gasteiger partial charge in [-0.15, -0.1) is 0 Å². The van der Waals surface area contributed by atoms with Gasteiger partial charge in [0.15, 0.2) is 5.75 Å². The molecule has 0 saturated carbocycles. The summed E-state index contributed by atoms with van der Waals surface area (Å²) in [7, 11) is 0. The Bertz CT molecular complexity index is 798. The Hall–Kier alpha value is -1.87. The fourth-order valence-corrected chi connectivity index (χ4v) is 2.77. The SMILES string of the molecule is Cc1ccc(Oc2cccc3ccc(C)nc23)c(CBr)c1. The number of pyridine rings is 1. The summed E-state index contributed by atoms with van der Waals surface area (Å²) in [6.07, 6.45) is 0. The van der Waals surface area contributed by atoms with Crippen molar-refractivity contribution >= 4 is 26.8 Å². The van der Waals surface area contributed by atoms with E-state index in [-0.39, 0.29) is 0 Å². The van der Waals surface area contributed by atoms with E-state index in [2.05, 4.69) is 52.1 Å². The highest BCUT2D eigenvalue weighted by molar-refractivity contribution is 9.08. The van der Waals surface area contributed by atoms with E-state index in [1.54, 1.807) is 0 Å². The van der Waals surface area contributed by atoms with Crippen molar-refractivity contribution in [2.24, 2.45) is 0 Å². The number of para-hydroxylation sites is 1. The van der Waals surface area contributed by atoms with Gasteiger partial charge in [-0.3, -0.25) is 0 Å². The molecule has 0 unspecified atom stereocenters. The van der Waals surface area contributed by atoms with E-state index in [4.69, 9.17) is 4.74 Å². The first kappa shape index (κ1) is 14.1. The van der Waals surface area contributed by atoms with Crippen molar-refractivity contribution in [1.29, 1.82) is 0 Å². The lowest BCUT2D eigenvalue weighted by molar-refractivity contribution is 0.483. The van der Waals surface area contributed by atoms with Crippen LogP contribution in [0.3, 0.4) is 0 Å². The quantitative estimate of drug-likeness (QED) is 0.583. The zero-order valence-corrected chi connectivity index (χ0v) is 13.6. The number of aromatic nitrogens is 1. The number of hydrogen-bond acceptors (Lipinski definition) is 2. The molecule has 2 nitrogen and oxygen atoms in total. The minimum Gasteiger partial charge on any atom is -0.455 e. The molecule has 21 heavy (non-hydrogen) atoms. The third-order valence-corrected chi connectivity index (χ3v) is 4.01. The summed E-state index contributed by atoms with van der Waals surface area (Å²) in [5.41, 5.74) is 4.25. The molecule has 1 heterocycles. The first-order chi connectivity index (χ1) is 10.2. The molecular formula is C18H16BrNO. The average molecular weight is 342 g/mol. The molecule has 0 bridgehead atoms. The maximum absolute atomic E-state index is 6.13. The summed E-state index contributed by atoms with van der Waals surface area (Å²) >= 11 is 3.52. The average Bonchev–Trinajstić information content (AvgIpc) is 2.49. The zero-order valence-electron chi connectivity index (χ0n) is 12.1. The second-order valence-corrected chi connectivity index (χ2v) is 5.69. The van der Waals surface area contributed by atoms with Crippen LogP contribution in [-0.4, -0.2) is 4.98 Å². The molecule has 3 rings (SSSR count). The number of rotatable bonds is 3. The number of nitrogens with zero attached hydrogens (tertiary/aromatic N) is 1. The lowest BCUT2D eigenvalue weighted by Crippen LogP contribution is -1.93. The molecule has 106 valence electrons. The Balaban J connectivity index is 2.08. The summed E-state index contributed by atoms with van der Waals surface area (Å²) in [5.74, 6) is 1.66. The van der Waals surface area contributed by atoms with Gasteiger partial charge >= 0.3 is 0 Å². The molecule has 3 heteroatoms. The molecule has 0 radical (unpaired) electrons. The lowest BCUT2D eigenvalue weighted by Gasteiger charge is -2.12. The maximum atomic E-state index is 6.13. The van der Waals surface area contributed by atoms with Crippen molar-refractivity contribution in [3.8, 4) is 11.5 Å². The van der Waals surface area contributed by atoms with Crippen LogP contribution in [0.2, 0.25) is 0 Å². The van der Waals surface area contributed by atoms with Gasteiger partial charge in [-0.1, -0.05) is 51.8 Å². The minimum absolute atomic E-state index is 0.765. The molecule has 0 aliphatic rings. The van der Waals surface area contributed by atoms with Gasteiger partial charge in [0, 0.05) is 22.0 Å². The number of halogens is 1. The topological polar surface area (TPSA) is 22.1 Å². The molecule has 0 N–H and O–H groups in total. The largest absolute Gasteiger partial charge is 0.455 e. The van der Waals surface area contributed by atoms with E-state index in [0.29, 0.717) is 0 Å². The second kappa shape index (κ2) is 5.86. The highest BCUT2D eigenvalue weighted by Gasteiger charge is 2.08. The molecular weight excluding hydrogens is 326 g/mol. The first-order valence-electron chi connectivity index (χ1n) is 6.87. The van der Waals surface area contributed by atoms with E-state index >= 15 is 0 Å². The third-order valence-electron chi connectivity index (χ3n) is 3.40. The van der Waals surface area contributed by atoms with Gasteiger partial charge in [-0.25, -0.2) is 4.98 Å². The fourth-order valence-electron chi connectivity index (χ4n) is 2.33. The van der Waals surface area contributed by atoms with Gasteiger partial charge in [-0.05, 0) is 32.0 Å². The van der Waals surface area contributed by atoms with Gasteiger partial charge in [0.2, 0.25) is 0 Å². The molecule has 3 aromatic rings. The van der Waals surface area contributed by atoms with Crippen molar-refractivity contribution in [3.63, 3.8) is 0 Å². The van der Waals surface area contributed by atoms with Crippen LogP contribution in [0.1, 0.15) is 16.8 Å². The van der Waals surface area contributed by atoms with Gasteiger partial charge in [0.25, 0.3) is 0 Å². The van der Waals surface area contributed by atoms with Crippen LogP contribution in [0, 0.1) is 13.8 Å². The normalized spacial score (nSPS) is 10.8. The highest BCUT2D eigenvalue weighted by atomic mass is 79.9. The molecule has 1 aromatic heterocycles. The Morgan fingerprint density at radius 1 is 1.00 bits per heavy atom. The Morgan fingerprint density at radius 2 is 1.86 bits per heavy atom. The van der Waals surface area contributed by atoms with Crippen LogP contribution >= 0.6 is 15.9 Å². The predicted octanol–water partition coefficient (Wildman–Crippen LogP) is 5.54. The number of aryl methyl sites for hydroxylation is 2. The Kier molecular flexibility index (Phi) is 3.93. The number of ether oxygens (including phenoxy) is 1. The number of hydrogen-bond donors (Lipinski definition) is 0. The molecule has 0 atom stereocenters. The van der Waals surface area contributed by atoms with E-state index in [0.717, 1.165) is 39.0 Å². The number of fused-ring (bicyclic) bond motifs is 1. The van der Waals surface area contributed by atoms with Gasteiger partial charge < -0.3 is 4.74 Å². The molecule has 0 aliphatic heterocycles. The van der Waals surface area contributed by atoms with E-state index in [1.165, 1.54) is 5.56 Å². The van der Waals surface area contributed by atoms with Crippen LogP contribution in [-0.2, 0) is 5.33 Å². The Labute approximate surface area is 132 Å². The molecule has 0 spiro atoms. The highest BCUT2D eigenvalue weighted by Crippen LogP contribution is 2.32. The van der Waals surface area contributed by atoms with Crippen molar-refractivity contribution < 1.29 is 4.74 Å². The Morgan fingerprint density at radius 3 is 2.67 bits per heavy atom. The standard InChI is InChI=1S/C18H16BrNO/c1-12-6-9-16(15(10-12)11-19)21-17-5-3-4-14-8-7-13(2)20-18(14)17/h3-10H,11H2,1-2H3. The first-order valence-corrected chi connectivity index (χ1v) is 7.99. The number of benzene rings is 2. The van der Waals surface area contributed by atoms with Crippen molar-refractivity contribution in [2.45, 2.75) is 19.2 Å². The zero-order chi connectivity index (χ0) is 14.8. The fraction of sp³-hybridized carbons (Fsp3) is 0.167. The molecule has 2 aromatic carbocycles. The van der Waals surface area contributed by atoms with Crippen molar-refractivity contribution in [2.75, 3.05) is 0 Å². The summed E-state index contributed by atoms with van der Waals surface area (Å²) in [4.78, 5) is 4.61. The molecule has 0 fully saturated rings. The second-order valence-electron chi connectivity index (χ2n) is 5.13. The van der Waals surface area contributed by atoms with Gasteiger partial charge in [0.1, 0.15) is 11.3 Å². The monoisotopic (exact) mass is 341 g/mol. The summed E-state index contributed by atoms with van der Waals surface area (Å²) in [6, 6.07) is 16.3. The van der Waals surface area contributed by atoms with E-state index in [1.807, 2.05) is 31.2 Å². The predicted molar refractivity (Wildman–Crippen MR) is 90.4 cm³/mol. The van der Waals surface area contributed by atoms with Crippen molar-refractivity contribution in [3.05, 3.63) is 65.4 Å². The molecule has 0 saturated heterocycles. The minimum atomic E-state index is 0.765. The van der Waals surface area contributed by atoms with Crippen molar-refractivity contribution in [1.82, 2.24) is 4.98 Å². The van der Waals surface area contributed by atoms with E-state index < -0.39 is 0 Å².